The first-order chi connectivity index (χ1) is 15.9. The zero-order valence-corrected chi connectivity index (χ0v) is 16.7. The van der Waals surface area contributed by atoms with Crippen molar-refractivity contribution >= 4 is 5.97 Å². The summed E-state index contributed by atoms with van der Waals surface area (Å²) in [5.41, 5.74) is -0.0847. The van der Waals surface area contributed by atoms with Crippen LogP contribution in [0.25, 0.3) is 0 Å². The molecule has 0 fully saturated rings. The van der Waals surface area contributed by atoms with Gasteiger partial charge in [-0.25, -0.2) is 4.79 Å². The standard InChI is InChI=1S/C20H12F12O3/c21-15(16(22,23)17(24,25)18(26,27)19(28,29)20(30,31)32)35-14(33)12-6-8-13(9-7-12)34-10-11-4-2-1-3-5-11/h1-9,15H,10H2. The lowest BCUT2D eigenvalue weighted by molar-refractivity contribution is -0.432. The van der Waals surface area contributed by atoms with E-state index in [-0.39, 0.29) is 12.4 Å². The van der Waals surface area contributed by atoms with Gasteiger partial charge < -0.3 is 9.47 Å². The van der Waals surface area contributed by atoms with Gasteiger partial charge in [-0.05, 0) is 29.8 Å². The summed E-state index contributed by atoms with van der Waals surface area (Å²) in [5.74, 6) is -32.2. The molecule has 2 aromatic rings. The average Bonchev–Trinajstić information content (AvgIpc) is 2.77. The number of rotatable bonds is 9. The highest BCUT2D eigenvalue weighted by Crippen LogP contribution is 2.58. The van der Waals surface area contributed by atoms with E-state index in [0.29, 0.717) is 5.56 Å². The third-order valence-electron chi connectivity index (χ3n) is 4.40. The number of ether oxygens (including phenoxy) is 2. The highest BCUT2D eigenvalue weighted by molar-refractivity contribution is 5.89. The van der Waals surface area contributed by atoms with E-state index >= 15 is 0 Å². The molecule has 0 spiro atoms. The molecular weight excluding hydrogens is 516 g/mol. The van der Waals surface area contributed by atoms with Crippen molar-refractivity contribution in [2.75, 3.05) is 0 Å². The van der Waals surface area contributed by atoms with E-state index in [9.17, 15) is 57.5 Å². The van der Waals surface area contributed by atoms with Crippen LogP contribution in [0, 0.1) is 0 Å². The van der Waals surface area contributed by atoms with Gasteiger partial charge in [-0.15, -0.1) is 0 Å². The smallest absolute Gasteiger partial charge is 0.460 e. The molecule has 0 N–H and O–H groups in total. The first-order valence-electron chi connectivity index (χ1n) is 9.06. The van der Waals surface area contributed by atoms with Gasteiger partial charge in [0.1, 0.15) is 12.4 Å². The first kappa shape index (κ1) is 28.1. The Morgan fingerprint density at radius 1 is 0.714 bits per heavy atom. The molecule has 0 saturated carbocycles. The lowest BCUT2D eigenvalue weighted by Gasteiger charge is -2.37. The van der Waals surface area contributed by atoms with Crippen LogP contribution < -0.4 is 4.74 Å². The summed E-state index contributed by atoms with van der Waals surface area (Å²) >= 11 is 0. The number of esters is 1. The van der Waals surface area contributed by atoms with Gasteiger partial charge in [0.25, 0.3) is 0 Å². The van der Waals surface area contributed by atoms with Crippen molar-refractivity contribution in [1.29, 1.82) is 0 Å². The summed E-state index contributed by atoms with van der Waals surface area (Å²) < 4.78 is 165. The second kappa shape index (κ2) is 9.49. The van der Waals surface area contributed by atoms with Gasteiger partial charge >= 0.3 is 42.2 Å². The molecule has 0 saturated heterocycles. The number of halogens is 12. The summed E-state index contributed by atoms with van der Waals surface area (Å²) in [5, 5.41) is 0. The Morgan fingerprint density at radius 3 is 1.71 bits per heavy atom. The number of carbonyl (C=O) groups is 1. The maximum absolute atomic E-state index is 13.7. The van der Waals surface area contributed by atoms with Gasteiger partial charge in [-0.3, -0.25) is 0 Å². The Hall–Kier alpha value is -3.13. The van der Waals surface area contributed by atoms with Crippen LogP contribution in [0.3, 0.4) is 0 Å². The fourth-order valence-corrected chi connectivity index (χ4v) is 2.39. The van der Waals surface area contributed by atoms with Gasteiger partial charge in [0.15, 0.2) is 0 Å². The monoisotopic (exact) mass is 528 g/mol. The minimum Gasteiger partial charge on any atom is -0.489 e. The van der Waals surface area contributed by atoms with Crippen LogP contribution in [0.1, 0.15) is 15.9 Å². The van der Waals surface area contributed by atoms with Gasteiger partial charge in [0.2, 0.25) is 0 Å². The first-order valence-corrected chi connectivity index (χ1v) is 9.06. The molecule has 3 nitrogen and oxygen atoms in total. The average molecular weight is 528 g/mol. The summed E-state index contributed by atoms with van der Waals surface area (Å²) in [4.78, 5) is 11.7. The second-order valence-corrected chi connectivity index (χ2v) is 6.86. The molecule has 0 aliphatic rings. The molecule has 0 radical (unpaired) electrons. The van der Waals surface area contributed by atoms with Gasteiger partial charge in [-0.2, -0.15) is 52.7 Å². The van der Waals surface area contributed by atoms with E-state index in [4.69, 9.17) is 4.74 Å². The molecule has 0 aromatic heterocycles. The Labute approximate surface area is 188 Å². The van der Waals surface area contributed by atoms with E-state index in [2.05, 4.69) is 4.74 Å². The maximum atomic E-state index is 13.7. The number of carbonyl (C=O) groups excluding carboxylic acids is 1. The molecule has 35 heavy (non-hydrogen) atoms. The van der Waals surface area contributed by atoms with E-state index in [1.807, 2.05) is 0 Å². The molecule has 0 amide bonds. The lowest BCUT2D eigenvalue weighted by Crippen LogP contribution is -2.68. The van der Waals surface area contributed by atoms with Crippen LogP contribution in [0.5, 0.6) is 5.75 Å². The minimum absolute atomic E-state index is 0.0370. The number of hydrogen-bond donors (Lipinski definition) is 0. The van der Waals surface area contributed by atoms with Crippen molar-refractivity contribution < 1.29 is 67.0 Å². The molecule has 0 aliphatic heterocycles. The van der Waals surface area contributed by atoms with Crippen LogP contribution in [0.4, 0.5) is 52.7 Å². The van der Waals surface area contributed by atoms with Gasteiger partial charge in [0.05, 0.1) is 5.56 Å². The summed E-state index contributed by atoms with van der Waals surface area (Å²) in [6, 6.07) is 12.1. The third kappa shape index (κ3) is 5.27. The maximum Gasteiger partial charge on any atom is 0.460 e. The van der Waals surface area contributed by atoms with Crippen LogP contribution in [-0.2, 0) is 11.3 Å². The molecule has 2 aromatic carbocycles. The number of benzene rings is 2. The van der Waals surface area contributed by atoms with E-state index in [1.54, 1.807) is 30.3 Å². The van der Waals surface area contributed by atoms with Crippen molar-refractivity contribution in [3.63, 3.8) is 0 Å². The molecule has 1 unspecified atom stereocenters. The fourth-order valence-electron chi connectivity index (χ4n) is 2.39. The minimum atomic E-state index is -7.82. The zero-order valence-electron chi connectivity index (χ0n) is 16.7. The molecule has 0 aliphatic carbocycles. The third-order valence-corrected chi connectivity index (χ3v) is 4.40. The predicted molar refractivity (Wildman–Crippen MR) is 93.4 cm³/mol. The van der Waals surface area contributed by atoms with Crippen LogP contribution in [-0.4, -0.2) is 42.2 Å². The highest BCUT2D eigenvalue weighted by atomic mass is 19.4. The molecule has 15 heteroatoms. The van der Waals surface area contributed by atoms with Crippen molar-refractivity contribution in [1.82, 2.24) is 0 Å². The summed E-state index contributed by atoms with van der Waals surface area (Å²) in [6.07, 6.45) is -12.4. The Bertz CT molecular complexity index is 1000. The molecule has 194 valence electrons. The van der Waals surface area contributed by atoms with E-state index < -0.39 is 47.8 Å². The molecule has 2 rings (SSSR count). The normalized spacial score (nSPS) is 14.4. The SMILES string of the molecule is O=C(OC(F)C(F)(F)C(F)(F)C(F)(F)C(F)(F)C(F)(F)F)c1ccc(OCc2ccccc2)cc1. The zero-order chi connectivity index (χ0) is 26.9. The van der Waals surface area contributed by atoms with Crippen LogP contribution in [0.2, 0.25) is 0 Å². The topological polar surface area (TPSA) is 35.5 Å². The number of alkyl halides is 12. The molecular formula is C20H12F12O3. The van der Waals surface area contributed by atoms with E-state index in [1.165, 1.54) is 0 Å². The summed E-state index contributed by atoms with van der Waals surface area (Å²) in [7, 11) is 0. The fraction of sp³-hybridized carbons (Fsp3) is 0.350. The van der Waals surface area contributed by atoms with Crippen molar-refractivity contribution in [2.24, 2.45) is 0 Å². The van der Waals surface area contributed by atoms with Crippen LogP contribution in [0.15, 0.2) is 54.6 Å². The Morgan fingerprint density at radius 2 is 1.23 bits per heavy atom. The molecule has 1 atom stereocenters. The summed E-state index contributed by atoms with van der Waals surface area (Å²) in [6.45, 7) is 0.0370. The molecule has 0 heterocycles. The van der Waals surface area contributed by atoms with Crippen molar-refractivity contribution in [3.8, 4) is 5.75 Å². The van der Waals surface area contributed by atoms with E-state index in [0.717, 1.165) is 24.3 Å². The highest BCUT2D eigenvalue weighted by Gasteiger charge is 2.88. The van der Waals surface area contributed by atoms with Crippen molar-refractivity contribution in [2.45, 2.75) is 42.8 Å². The predicted octanol–water partition coefficient (Wildman–Crippen LogP) is 6.82. The Kier molecular flexibility index (Phi) is 7.62. The lowest BCUT2D eigenvalue weighted by atomic mass is 9.98. The second-order valence-electron chi connectivity index (χ2n) is 6.86. The molecule has 0 bridgehead atoms. The van der Waals surface area contributed by atoms with Crippen molar-refractivity contribution in [3.05, 3.63) is 65.7 Å². The largest absolute Gasteiger partial charge is 0.489 e. The number of hydrogen-bond acceptors (Lipinski definition) is 3. The quantitative estimate of drug-likeness (QED) is 0.265. The van der Waals surface area contributed by atoms with Crippen LogP contribution >= 0.6 is 0 Å². The Balaban J connectivity index is 2.14. The van der Waals surface area contributed by atoms with Gasteiger partial charge in [-0.1, -0.05) is 30.3 Å². The van der Waals surface area contributed by atoms with Gasteiger partial charge in [0, 0.05) is 0 Å².